The van der Waals surface area contributed by atoms with Gasteiger partial charge in [-0.2, -0.15) is 0 Å². The molecule has 1 aliphatic heterocycles. The molecule has 17 heavy (non-hydrogen) atoms. The monoisotopic (exact) mass is 261 g/mol. The molecule has 2 rings (SSSR count). The zero-order valence-corrected chi connectivity index (χ0v) is 12.4. The quantitative estimate of drug-likeness (QED) is 0.706. The van der Waals surface area contributed by atoms with Crippen molar-refractivity contribution in [2.75, 3.05) is 26.2 Å². The van der Waals surface area contributed by atoms with Crippen LogP contribution in [0, 0.1) is 11.3 Å². The van der Waals surface area contributed by atoms with Gasteiger partial charge < -0.3 is 4.74 Å². The van der Waals surface area contributed by atoms with Crippen LogP contribution in [0.3, 0.4) is 0 Å². The molecule has 0 radical (unpaired) electrons. The summed E-state index contributed by atoms with van der Waals surface area (Å²) in [5.74, 6) is 0.120. The molecule has 0 spiro atoms. The third-order valence-electron chi connectivity index (χ3n) is 4.06. The van der Waals surface area contributed by atoms with Gasteiger partial charge in [-0.15, -0.1) is 0 Å². The lowest BCUT2D eigenvalue weighted by atomic mass is 10.1. The van der Waals surface area contributed by atoms with Crippen molar-refractivity contribution in [3.63, 3.8) is 0 Å². The highest BCUT2D eigenvalue weighted by atomic mass is 31.0. The first kappa shape index (κ1) is 13.7. The number of likely N-dealkylation sites (tertiary alicyclic amines) is 1. The zero-order valence-electron chi connectivity index (χ0n) is 11.2. The minimum atomic E-state index is -1.09. The summed E-state index contributed by atoms with van der Waals surface area (Å²) in [6.45, 7) is 9.42. The second kappa shape index (κ2) is 4.75. The third kappa shape index (κ3) is 3.39. The first-order chi connectivity index (χ1) is 7.83. The lowest BCUT2D eigenvalue weighted by Crippen LogP contribution is -2.33. The highest BCUT2D eigenvalue weighted by molar-refractivity contribution is 7.18. The molecule has 0 aromatic heterocycles. The van der Waals surface area contributed by atoms with Crippen LogP contribution in [0.15, 0.2) is 0 Å². The lowest BCUT2D eigenvalue weighted by molar-refractivity contribution is 0.0326. The van der Waals surface area contributed by atoms with E-state index in [1.54, 1.807) is 0 Å². The Morgan fingerprint density at radius 3 is 2.53 bits per heavy atom. The van der Waals surface area contributed by atoms with Crippen molar-refractivity contribution in [2.24, 2.45) is 11.3 Å². The van der Waals surface area contributed by atoms with Crippen LogP contribution in [-0.2, 0) is 4.74 Å². The van der Waals surface area contributed by atoms with E-state index >= 15 is 0 Å². The fraction of sp³-hybridized carbons (Fsp3) is 1.00. The predicted octanol–water partition coefficient (Wildman–Crippen LogP) is 2.68. The Balaban J connectivity index is 1.82. The van der Waals surface area contributed by atoms with Crippen LogP contribution < -0.4 is 0 Å². The molecule has 0 aromatic rings. The molecule has 2 nitrogen and oxygen atoms in total. The van der Waals surface area contributed by atoms with Gasteiger partial charge >= 0.3 is 0 Å². The fourth-order valence-electron chi connectivity index (χ4n) is 2.57. The number of rotatable bonds is 5. The van der Waals surface area contributed by atoms with Gasteiger partial charge in [0, 0.05) is 31.0 Å². The molecule has 0 N–H and O–H groups in total. The number of ether oxygens (including phenoxy) is 1. The molecule has 0 aromatic carbocycles. The van der Waals surface area contributed by atoms with Crippen LogP contribution >= 0.6 is 9.24 Å². The van der Waals surface area contributed by atoms with Gasteiger partial charge in [0.1, 0.15) is 5.41 Å². The topological polar surface area (TPSA) is 12.5 Å². The van der Waals surface area contributed by atoms with Crippen molar-refractivity contribution in [1.82, 2.24) is 4.90 Å². The van der Waals surface area contributed by atoms with Crippen LogP contribution in [0.2, 0.25) is 0 Å². The van der Waals surface area contributed by atoms with Crippen molar-refractivity contribution in [3.8, 4) is 0 Å². The summed E-state index contributed by atoms with van der Waals surface area (Å²) in [6, 6.07) is 0. The van der Waals surface area contributed by atoms with Crippen molar-refractivity contribution >= 4 is 9.24 Å². The van der Waals surface area contributed by atoms with E-state index in [1.165, 1.54) is 12.8 Å². The number of nitrogens with zero attached hydrogens (tertiary/aromatic N) is 1. The van der Waals surface area contributed by atoms with Crippen LogP contribution in [0.4, 0.5) is 4.39 Å². The number of hydrogen-bond acceptors (Lipinski definition) is 2. The largest absolute Gasteiger partial charge is 0.378 e. The minimum Gasteiger partial charge on any atom is -0.378 e. The summed E-state index contributed by atoms with van der Waals surface area (Å²) in [6.07, 6.45) is 2.77. The molecule has 0 amide bonds. The molecule has 2 aliphatic rings. The van der Waals surface area contributed by atoms with Gasteiger partial charge in [0.15, 0.2) is 0 Å². The summed E-state index contributed by atoms with van der Waals surface area (Å²) in [5, 5.41) is -1.09. The molecular formula is C13H25FNOP. The molecule has 2 fully saturated rings. The average Bonchev–Trinajstić information content (AvgIpc) is 2.89. The van der Waals surface area contributed by atoms with E-state index in [-0.39, 0.29) is 5.92 Å². The average molecular weight is 261 g/mol. The van der Waals surface area contributed by atoms with Gasteiger partial charge in [-0.3, -0.25) is 4.90 Å². The maximum atomic E-state index is 14.1. The second-order valence-electron chi connectivity index (χ2n) is 6.36. The predicted molar refractivity (Wildman–Crippen MR) is 71.9 cm³/mol. The molecule has 4 heteroatoms. The SMILES string of the molecule is CC(C)OCC1(CN2CC(C)C(F)(P)C2)CC1. The normalized spacial score (nSPS) is 36.7. The van der Waals surface area contributed by atoms with Crippen LogP contribution in [0.25, 0.3) is 0 Å². The fourth-order valence-corrected chi connectivity index (χ4v) is 2.93. The summed E-state index contributed by atoms with van der Waals surface area (Å²) in [5.41, 5.74) is 0.328. The van der Waals surface area contributed by atoms with E-state index in [4.69, 9.17) is 4.74 Å². The summed E-state index contributed by atoms with van der Waals surface area (Å²) in [4.78, 5) is 2.27. The van der Waals surface area contributed by atoms with Crippen molar-refractivity contribution in [2.45, 2.75) is 45.1 Å². The van der Waals surface area contributed by atoms with Crippen LogP contribution in [-0.4, -0.2) is 42.7 Å². The summed E-state index contributed by atoms with van der Waals surface area (Å²) >= 11 is 0. The van der Waals surface area contributed by atoms with E-state index in [2.05, 4.69) is 28.0 Å². The number of hydrogen-bond donors (Lipinski definition) is 0. The standard InChI is InChI=1S/C13H25FNOP/c1-10(2)16-9-12(4-5-12)7-15-6-11(3)13(14,17)8-15/h10-11H,4-9,17H2,1-3H3. The van der Waals surface area contributed by atoms with Crippen LogP contribution in [0.1, 0.15) is 33.6 Å². The second-order valence-corrected chi connectivity index (χ2v) is 7.32. The first-order valence-corrected chi connectivity index (χ1v) is 7.22. The molecule has 1 heterocycles. The molecule has 100 valence electrons. The van der Waals surface area contributed by atoms with Gasteiger partial charge in [-0.25, -0.2) is 4.39 Å². The van der Waals surface area contributed by atoms with Crippen molar-refractivity contribution in [3.05, 3.63) is 0 Å². The summed E-state index contributed by atoms with van der Waals surface area (Å²) in [7, 11) is 2.39. The van der Waals surface area contributed by atoms with Crippen molar-refractivity contribution in [1.29, 1.82) is 0 Å². The van der Waals surface area contributed by atoms with E-state index < -0.39 is 5.41 Å². The first-order valence-electron chi connectivity index (χ1n) is 6.65. The smallest absolute Gasteiger partial charge is 0.140 e. The molecule has 3 atom stereocenters. The van der Waals surface area contributed by atoms with Gasteiger partial charge in [0.25, 0.3) is 0 Å². The molecule has 0 bridgehead atoms. The third-order valence-corrected chi connectivity index (χ3v) is 4.81. The van der Waals surface area contributed by atoms with Gasteiger partial charge in [-0.1, -0.05) is 16.2 Å². The maximum Gasteiger partial charge on any atom is 0.140 e. The van der Waals surface area contributed by atoms with E-state index in [0.717, 1.165) is 19.7 Å². The zero-order chi connectivity index (χ0) is 12.7. The van der Waals surface area contributed by atoms with Gasteiger partial charge in [-0.05, 0) is 26.7 Å². The Bertz CT molecular complexity index is 279. The Hall–Kier alpha value is 0.280. The number of alkyl halides is 1. The molecule has 1 aliphatic carbocycles. The van der Waals surface area contributed by atoms with Gasteiger partial charge in [0.2, 0.25) is 0 Å². The van der Waals surface area contributed by atoms with Gasteiger partial charge in [0.05, 0.1) is 12.7 Å². The highest BCUT2D eigenvalue weighted by Gasteiger charge is 2.48. The van der Waals surface area contributed by atoms with Crippen molar-refractivity contribution < 1.29 is 9.13 Å². The Morgan fingerprint density at radius 1 is 1.47 bits per heavy atom. The lowest BCUT2D eigenvalue weighted by Gasteiger charge is -2.24. The minimum absolute atomic E-state index is 0.120. The Kier molecular flexibility index (Phi) is 3.83. The Labute approximate surface area is 106 Å². The molecule has 1 saturated heterocycles. The molecular weight excluding hydrogens is 236 g/mol. The maximum absolute atomic E-state index is 14.1. The summed E-state index contributed by atoms with van der Waals surface area (Å²) < 4.78 is 19.8. The highest BCUT2D eigenvalue weighted by Crippen LogP contribution is 2.48. The van der Waals surface area contributed by atoms with E-state index in [1.807, 2.05) is 6.92 Å². The van der Waals surface area contributed by atoms with E-state index in [0.29, 0.717) is 18.1 Å². The molecule has 3 unspecified atom stereocenters. The molecule has 1 saturated carbocycles. The Morgan fingerprint density at radius 2 is 2.12 bits per heavy atom. The van der Waals surface area contributed by atoms with Crippen LogP contribution in [0.5, 0.6) is 0 Å². The number of halogens is 1. The van der Waals surface area contributed by atoms with E-state index in [9.17, 15) is 4.39 Å².